The molecule has 2 aromatic rings. The van der Waals surface area contributed by atoms with E-state index in [0.717, 1.165) is 18.1 Å². The van der Waals surface area contributed by atoms with Crippen LogP contribution in [0.15, 0.2) is 23.2 Å². The second-order valence-corrected chi connectivity index (χ2v) is 4.25. The van der Waals surface area contributed by atoms with Crippen LogP contribution in [-0.2, 0) is 6.54 Å². The summed E-state index contributed by atoms with van der Waals surface area (Å²) in [4.78, 5) is 3.13. The predicted molar refractivity (Wildman–Crippen MR) is 60.3 cm³/mol. The summed E-state index contributed by atoms with van der Waals surface area (Å²) >= 11 is 1.68. The fourth-order valence-corrected chi connectivity index (χ4v) is 2.20. The van der Waals surface area contributed by atoms with Gasteiger partial charge in [-0.15, -0.1) is 11.3 Å². The number of imidazole rings is 1. The molecule has 0 aliphatic carbocycles. The second kappa shape index (κ2) is 4.49. The molecule has 0 spiro atoms. The molecule has 15 heavy (non-hydrogen) atoms. The average molecular weight is 223 g/mol. The normalized spacial score (nSPS) is 10.5. The fraction of sp³-hybridized carbons (Fsp3) is 0.364. The Bertz CT molecular complexity index is 393. The first-order valence-corrected chi connectivity index (χ1v) is 5.90. The summed E-state index contributed by atoms with van der Waals surface area (Å²) in [6.45, 7) is 5.71. The summed E-state index contributed by atoms with van der Waals surface area (Å²) < 4.78 is 7.82. The molecule has 0 aliphatic heterocycles. The van der Waals surface area contributed by atoms with Gasteiger partial charge in [0.1, 0.15) is 31.3 Å². The van der Waals surface area contributed by atoms with Gasteiger partial charge in [-0.05, 0) is 12.3 Å². The largest absolute Gasteiger partial charge is 0.488 e. The van der Waals surface area contributed by atoms with Crippen molar-refractivity contribution in [1.29, 1.82) is 0 Å². The molecule has 0 aliphatic rings. The van der Waals surface area contributed by atoms with E-state index in [1.165, 1.54) is 5.56 Å². The second-order valence-electron chi connectivity index (χ2n) is 3.51. The Morgan fingerprint density at radius 3 is 2.87 bits per heavy atom. The van der Waals surface area contributed by atoms with Gasteiger partial charge in [-0.1, -0.05) is 0 Å². The van der Waals surface area contributed by atoms with Gasteiger partial charge in [0, 0.05) is 17.9 Å². The van der Waals surface area contributed by atoms with Crippen LogP contribution in [0.3, 0.4) is 0 Å². The molecule has 0 amide bonds. The highest BCUT2D eigenvalue weighted by atomic mass is 32.1. The first-order chi connectivity index (χ1) is 7.27. The zero-order valence-electron chi connectivity index (χ0n) is 8.99. The maximum absolute atomic E-state index is 5.68. The molecule has 0 unspecified atom stereocenters. The molecule has 1 N–H and O–H groups in total. The Morgan fingerprint density at radius 1 is 1.40 bits per heavy atom. The topological polar surface area (TPSA) is 28.9 Å². The van der Waals surface area contributed by atoms with E-state index in [0.29, 0.717) is 6.61 Å². The van der Waals surface area contributed by atoms with Crippen molar-refractivity contribution in [1.82, 2.24) is 4.98 Å². The van der Waals surface area contributed by atoms with E-state index in [-0.39, 0.29) is 0 Å². The van der Waals surface area contributed by atoms with Crippen molar-refractivity contribution in [2.24, 2.45) is 0 Å². The standard InChI is InChI=1S/C11H14N2OS/c1-9-7-15-8-11(9)14-6-5-13-4-3-12-10(13)2/h3-4,7-8H,5-6H2,1-2H3/p+1. The van der Waals surface area contributed by atoms with Gasteiger partial charge < -0.3 is 4.74 Å². The Labute approximate surface area is 93.3 Å². The molecule has 0 bridgehead atoms. The molecule has 80 valence electrons. The number of thiophene rings is 1. The Balaban J connectivity index is 1.86. The van der Waals surface area contributed by atoms with E-state index in [9.17, 15) is 0 Å². The zero-order chi connectivity index (χ0) is 10.7. The van der Waals surface area contributed by atoms with Crippen molar-refractivity contribution in [3.63, 3.8) is 0 Å². The van der Waals surface area contributed by atoms with Crippen LogP contribution in [0, 0.1) is 13.8 Å². The van der Waals surface area contributed by atoms with Crippen molar-refractivity contribution in [3.05, 3.63) is 34.5 Å². The molecule has 0 saturated carbocycles. The van der Waals surface area contributed by atoms with Crippen molar-refractivity contribution < 1.29 is 9.30 Å². The zero-order valence-corrected chi connectivity index (χ0v) is 9.80. The molecule has 3 nitrogen and oxygen atoms in total. The van der Waals surface area contributed by atoms with Gasteiger partial charge in [-0.2, -0.15) is 0 Å². The van der Waals surface area contributed by atoms with Gasteiger partial charge in [0.15, 0.2) is 0 Å². The lowest BCUT2D eigenvalue weighted by Crippen LogP contribution is -2.37. The summed E-state index contributed by atoms with van der Waals surface area (Å²) in [5, 5.41) is 4.15. The van der Waals surface area contributed by atoms with Crippen LogP contribution in [0.4, 0.5) is 0 Å². The minimum absolute atomic E-state index is 0.709. The summed E-state index contributed by atoms with van der Waals surface area (Å²) in [7, 11) is 0. The fourth-order valence-electron chi connectivity index (χ4n) is 1.44. The number of H-pyrrole nitrogens is 1. The number of aromatic nitrogens is 2. The number of aromatic amines is 1. The van der Waals surface area contributed by atoms with Crippen LogP contribution in [-0.4, -0.2) is 11.6 Å². The highest BCUT2D eigenvalue weighted by Gasteiger charge is 2.05. The molecule has 0 aromatic carbocycles. The molecule has 2 aromatic heterocycles. The van der Waals surface area contributed by atoms with Gasteiger partial charge in [0.05, 0.1) is 0 Å². The lowest BCUT2D eigenvalue weighted by atomic mass is 10.4. The van der Waals surface area contributed by atoms with Gasteiger partial charge in [0.25, 0.3) is 5.82 Å². The van der Waals surface area contributed by atoms with Crippen LogP contribution < -0.4 is 9.30 Å². The summed E-state index contributed by atoms with van der Waals surface area (Å²) in [5.74, 6) is 2.16. The van der Waals surface area contributed by atoms with E-state index >= 15 is 0 Å². The average Bonchev–Trinajstić information content (AvgIpc) is 2.78. The smallest absolute Gasteiger partial charge is 0.251 e. The Kier molecular flexibility index (Phi) is 3.06. The number of hydrogen-bond donors (Lipinski definition) is 1. The molecule has 2 heterocycles. The molecule has 4 heteroatoms. The molecular weight excluding hydrogens is 208 g/mol. The van der Waals surface area contributed by atoms with Crippen LogP contribution in [0.25, 0.3) is 0 Å². The van der Waals surface area contributed by atoms with E-state index in [1.807, 2.05) is 17.8 Å². The molecular formula is C11H15N2OS+. The summed E-state index contributed by atoms with van der Waals surface area (Å²) in [5.41, 5.74) is 1.22. The van der Waals surface area contributed by atoms with Gasteiger partial charge >= 0.3 is 0 Å². The lowest BCUT2D eigenvalue weighted by Gasteiger charge is -2.03. The third kappa shape index (κ3) is 2.39. The Morgan fingerprint density at radius 2 is 2.27 bits per heavy atom. The first-order valence-electron chi connectivity index (χ1n) is 4.96. The highest BCUT2D eigenvalue weighted by molar-refractivity contribution is 7.08. The number of hydrogen-bond acceptors (Lipinski definition) is 2. The number of ether oxygens (including phenoxy) is 1. The number of nitrogens with zero attached hydrogens (tertiary/aromatic N) is 1. The van der Waals surface area contributed by atoms with Crippen molar-refractivity contribution in [2.75, 3.05) is 6.61 Å². The third-order valence-electron chi connectivity index (χ3n) is 2.38. The predicted octanol–water partition coefficient (Wildman–Crippen LogP) is 2.06. The molecule has 0 atom stereocenters. The first kappa shape index (κ1) is 10.2. The van der Waals surface area contributed by atoms with Gasteiger partial charge in [-0.25, -0.2) is 9.55 Å². The van der Waals surface area contributed by atoms with Gasteiger partial charge in [0.2, 0.25) is 0 Å². The summed E-state index contributed by atoms with van der Waals surface area (Å²) in [6, 6.07) is 0. The monoisotopic (exact) mass is 223 g/mol. The van der Waals surface area contributed by atoms with Crippen LogP contribution in [0.2, 0.25) is 0 Å². The van der Waals surface area contributed by atoms with E-state index < -0.39 is 0 Å². The Hall–Kier alpha value is -1.29. The quantitative estimate of drug-likeness (QED) is 0.790. The minimum Gasteiger partial charge on any atom is -0.488 e. The minimum atomic E-state index is 0.709. The van der Waals surface area contributed by atoms with E-state index in [4.69, 9.17) is 4.74 Å². The highest BCUT2D eigenvalue weighted by Crippen LogP contribution is 2.21. The number of rotatable bonds is 4. The van der Waals surface area contributed by atoms with Crippen LogP contribution in [0.1, 0.15) is 11.4 Å². The van der Waals surface area contributed by atoms with Crippen LogP contribution >= 0.6 is 11.3 Å². The van der Waals surface area contributed by atoms with Crippen LogP contribution in [0.5, 0.6) is 5.75 Å². The van der Waals surface area contributed by atoms with Crippen molar-refractivity contribution >= 4 is 11.3 Å². The number of nitrogens with one attached hydrogen (secondary N) is 1. The van der Waals surface area contributed by atoms with E-state index in [1.54, 1.807) is 11.3 Å². The maximum atomic E-state index is 5.68. The number of aryl methyl sites for hydroxylation is 2. The molecule has 0 saturated heterocycles. The third-order valence-corrected chi connectivity index (χ3v) is 3.22. The maximum Gasteiger partial charge on any atom is 0.251 e. The summed E-state index contributed by atoms with van der Waals surface area (Å²) in [6.07, 6.45) is 3.96. The molecule has 0 radical (unpaired) electrons. The van der Waals surface area contributed by atoms with Gasteiger partial charge in [-0.3, -0.25) is 0 Å². The van der Waals surface area contributed by atoms with Crippen molar-refractivity contribution in [3.8, 4) is 5.75 Å². The SMILES string of the molecule is Cc1cscc1OCC[n+]1cc[nH]c1C. The molecule has 2 rings (SSSR count). The van der Waals surface area contributed by atoms with Crippen molar-refractivity contribution in [2.45, 2.75) is 20.4 Å². The lowest BCUT2D eigenvalue weighted by molar-refractivity contribution is -0.702. The van der Waals surface area contributed by atoms with E-state index in [2.05, 4.69) is 28.8 Å². The molecule has 0 fully saturated rings.